The molecule has 2 N–H and O–H groups in total. The molecule has 3 rings (SSSR count). The summed E-state index contributed by atoms with van der Waals surface area (Å²) < 4.78 is 55.4. The molecule has 0 amide bonds. The van der Waals surface area contributed by atoms with Crippen LogP contribution in [0.1, 0.15) is 59.8 Å². The molecule has 16 heteroatoms. The average molecular weight is 817 g/mol. The molecule has 1 aromatic heterocycles. The number of aromatic nitrogens is 2. The second-order valence-corrected chi connectivity index (χ2v) is 27.6. The number of halogens is 1. The van der Waals surface area contributed by atoms with Crippen molar-refractivity contribution < 1.29 is 54.6 Å². The first kappa shape index (κ1) is 41.3. The van der Waals surface area contributed by atoms with Gasteiger partial charge in [-0.2, -0.15) is 8.42 Å². The first-order valence-corrected chi connectivity index (χ1v) is 22.9. The van der Waals surface area contributed by atoms with Crippen LogP contribution in [-0.4, -0.2) is 90.8 Å². The molecule has 266 valence electrons. The molecule has 2 unspecified atom stereocenters. The summed E-state index contributed by atoms with van der Waals surface area (Å²) in [5.74, 6) is 0. The van der Waals surface area contributed by atoms with Gasteiger partial charge in [0.1, 0.15) is 12.2 Å². The normalized spacial score (nSPS) is 25.5. The van der Waals surface area contributed by atoms with E-state index in [1.165, 1.54) is 15.3 Å². The van der Waals surface area contributed by atoms with Gasteiger partial charge in [-0.3, -0.25) is 13.9 Å². The van der Waals surface area contributed by atoms with E-state index < -0.39 is 56.5 Å². The van der Waals surface area contributed by atoms with Gasteiger partial charge >= 0.3 is 5.69 Å². The molecule has 12 nitrogen and oxygen atoms in total. The predicted molar refractivity (Wildman–Crippen MR) is 181 cm³/mol. The Balaban J connectivity index is 0.00000736. The molecule has 0 radical (unpaired) electrons. The van der Waals surface area contributed by atoms with E-state index in [-0.39, 0.29) is 58.5 Å². The molecule has 2 aliphatic heterocycles. The highest BCUT2D eigenvalue weighted by molar-refractivity contribution is 7.90. The van der Waals surface area contributed by atoms with E-state index in [1.54, 1.807) is 6.92 Å². The van der Waals surface area contributed by atoms with Crippen LogP contribution in [0, 0.1) is 6.92 Å². The Morgan fingerprint density at radius 1 is 1.02 bits per heavy atom. The summed E-state index contributed by atoms with van der Waals surface area (Å²) >= 11 is 0. The first-order chi connectivity index (χ1) is 20.1. The average Bonchev–Trinajstić information content (AvgIpc) is 3.26. The first-order valence-electron chi connectivity index (χ1n) is 15.6. The zero-order chi connectivity index (χ0) is 34.8. The summed E-state index contributed by atoms with van der Waals surface area (Å²) in [6.45, 7) is 23.3. The number of aryl methyl sites for hydroxylation is 1. The molecule has 4 atom stereocenters. The number of hydrogen-bond acceptors (Lipinski definition) is 9. The van der Waals surface area contributed by atoms with Gasteiger partial charge in [-0.15, -0.1) is 0 Å². The number of ether oxygens (including phenoxy) is 1. The Kier molecular flexibility index (Phi) is 12.1. The van der Waals surface area contributed by atoms with Gasteiger partial charge in [0, 0.05) is 24.7 Å². The molecule has 1 aromatic rings. The van der Waals surface area contributed by atoms with E-state index in [4.69, 9.17) is 23.5 Å². The van der Waals surface area contributed by atoms with Crippen LogP contribution in [-0.2, 0) is 34.4 Å². The van der Waals surface area contributed by atoms with Crippen molar-refractivity contribution in [1.82, 2.24) is 9.13 Å². The molecule has 0 aliphatic carbocycles. The van der Waals surface area contributed by atoms with E-state index in [9.17, 15) is 18.0 Å². The van der Waals surface area contributed by atoms with Crippen molar-refractivity contribution in [2.75, 3.05) is 34.3 Å². The Morgan fingerprint density at radius 3 is 2.02 bits per heavy atom. The Bertz CT molecular complexity index is 1540. The van der Waals surface area contributed by atoms with E-state index in [1.807, 2.05) is 34.2 Å². The fourth-order valence-electron chi connectivity index (χ4n) is 5.05. The van der Waals surface area contributed by atoms with E-state index in [0.717, 1.165) is 12.0 Å². The number of nitrogens with two attached hydrogens (primary N) is 1. The molecule has 0 aromatic carbocycles. The minimum absolute atomic E-state index is 0. The third-order valence-electron chi connectivity index (χ3n) is 9.92. The lowest BCUT2D eigenvalue weighted by molar-refractivity contribution is -0.870. The molecule has 2 aliphatic rings. The van der Waals surface area contributed by atoms with Crippen molar-refractivity contribution in [3.8, 4) is 0 Å². The van der Waals surface area contributed by atoms with Crippen molar-refractivity contribution >= 4 is 26.8 Å². The molecule has 3 heterocycles. The van der Waals surface area contributed by atoms with Crippen molar-refractivity contribution in [2.45, 2.75) is 122 Å². The highest BCUT2D eigenvalue weighted by atomic mass is 127. The van der Waals surface area contributed by atoms with Gasteiger partial charge in [0.2, 0.25) is 0 Å². The zero-order valence-corrected chi connectivity index (χ0v) is 35.2. The van der Waals surface area contributed by atoms with Crippen LogP contribution in [0.4, 0.5) is 0 Å². The molecular weight excluding hydrogens is 759 g/mol. The Hall–Kier alpha value is -0.866. The van der Waals surface area contributed by atoms with Crippen LogP contribution in [0.3, 0.4) is 0 Å². The van der Waals surface area contributed by atoms with Crippen molar-refractivity contribution in [3.63, 3.8) is 0 Å². The summed E-state index contributed by atoms with van der Waals surface area (Å²) in [6.07, 6.45) is -1.28. The number of hydrogen-bond donors (Lipinski definition) is 1. The fourth-order valence-corrected chi connectivity index (χ4v) is 8.56. The fraction of sp³-hybridized carbons (Fsp3) is 0.800. The summed E-state index contributed by atoms with van der Waals surface area (Å²) in [7, 11) is -3.11. The highest BCUT2D eigenvalue weighted by Gasteiger charge is 2.67. The van der Waals surface area contributed by atoms with Crippen LogP contribution in [0.2, 0.25) is 36.3 Å². The monoisotopic (exact) mass is 816 g/mol. The molecule has 1 spiro atoms. The van der Waals surface area contributed by atoms with Gasteiger partial charge in [0.15, 0.2) is 28.5 Å². The number of quaternary nitrogens is 1. The predicted octanol–water partition coefficient (Wildman–Crippen LogP) is 0.627. The highest BCUT2D eigenvalue weighted by Crippen LogP contribution is 2.52. The summed E-state index contributed by atoms with van der Waals surface area (Å²) in [5, 5.41) is 0.462. The maximum atomic E-state index is 14.1. The van der Waals surface area contributed by atoms with Crippen LogP contribution in [0.15, 0.2) is 26.9 Å². The minimum atomic E-state index is -4.21. The molecule has 46 heavy (non-hydrogen) atoms. The van der Waals surface area contributed by atoms with E-state index in [0.29, 0.717) is 16.5 Å². The number of nitrogens with zero attached hydrogens (tertiary/aromatic N) is 3. The largest absolute Gasteiger partial charge is 1.00 e. The van der Waals surface area contributed by atoms with Gasteiger partial charge in [-0.05, 0) is 43.2 Å². The summed E-state index contributed by atoms with van der Waals surface area (Å²) in [5.41, 5.74) is 4.09. The van der Waals surface area contributed by atoms with Crippen LogP contribution >= 0.6 is 0 Å². The Morgan fingerprint density at radius 2 is 1.57 bits per heavy atom. The topological polar surface area (TPSA) is 141 Å². The maximum absolute atomic E-state index is 14.1. The molecule has 1 saturated heterocycles. The summed E-state index contributed by atoms with van der Waals surface area (Å²) in [6, 6.07) is 0. The maximum Gasteiger partial charge on any atom is 0.333 e. The third-order valence-corrected chi connectivity index (χ3v) is 19.9. The lowest BCUT2D eigenvalue weighted by Crippen LogP contribution is -3.00. The van der Waals surface area contributed by atoms with Crippen LogP contribution in [0.5, 0.6) is 0 Å². The smallest absolute Gasteiger partial charge is 0.333 e. The van der Waals surface area contributed by atoms with Crippen LogP contribution < -0.4 is 41.0 Å². The van der Waals surface area contributed by atoms with Gasteiger partial charge in [-0.25, -0.2) is 8.98 Å². The Labute approximate surface area is 294 Å². The standard InChI is InChI=1S/C30H57N4O8SSi2.HI/c1-21-18-33(27(36)32(25(21)35)16-15-17-34(8,9)10)26-24(41-45(13,14)29(5,6)7)30(22(31)20-43(37,38)42-30)23(40-26)19-39-44(11,12)28(2,3)4;/h18,20,23-24,26H,15-17,19,31H2,1-14H3;1H/q+1;/p-1/t23?,24-,26+,30?;/m0./s1. The molecule has 0 bridgehead atoms. The lowest BCUT2D eigenvalue weighted by Gasteiger charge is -2.43. The minimum Gasteiger partial charge on any atom is -1.00 e. The second kappa shape index (κ2) is 13.5. The zero-order valence-electron chi connectivity index (χ0n) is 30.2. The quantitative estimate of drug-likeness (QED) is 0.156. The van der Waals surface area contributed by atoms with Gasteiger partial charge in [0.05, 0.1) is 45.4 Å². The molecule has 1 fully saturated rings. The van der Waals surface area contributed by atoms with Gasteiger partial charge in [0.25, 0.3) is 15.7 Å². The molecule has 0 saturated carbocycles. The van der Waals surface area contributed by atoms with E-state index in [2.05, 4.69) is 54.6 Å². The van der Waals surface area contributed by atoms with Gasteiger partial charge in [-0.1, -0.05) is 41.5 Å². The van der Waals surface area contributed by atoms with Crippen molar-refractivity contribution in [1.29, 1.82) is 0 Å². The molecular formula is C30H57IN4O8SSi2. The second-order valence-electron chi connectivity index (χ2n) is 16.7. The third kappa shape index (κ3) is 8.29. The lowest BCUT2D eigenvalue weighted by atomic mass is 9.89. The SMILES string of the molecule is Cc1cn([C@@H]2OC(CO[Si](C)(C)C(C)(C)C)C3(OS(=O)(=O)C=C3N)[C@H]2O[Si](C)(C)C(C)(C)C)c(=O)n(CCC[N+](C)(C)C)c1=O.[I-]. The van der Waals surface area contributed by atoms with E-state index >= 15 is 0 Å². The van der Waals surface area contributed by atoms with Gasteiger partial charge < -0.3 is 47.8 Å². The number of rotatable bonds is 10. The van der Waals surface area contributed by atoms with Crippen molar-refractivity contribution in [3.05, 3.63) is 43.7 Å². The van der Waals surface area contributed by atoms with Crippen LogP contribution in [0.25, 0.3) is 0 Å². The van der Waals surface area contributed by atoms with Crippen molar-refractivity contribution in [2.24, 2.45) is 5.73 Å². The summed E-state index contributed by atoms with van der Waals surface area (Å²) in [4.78, 5) is 27.4.